The van der Waals surface area contributed by atoms with Gasteiger partial charge in [0.25, 0.3) is 0 Å². The van der Waals surface area contributed by atoms with Gasteiger partial charge in [-0.05, 0) is 24.6 Å². The number of fused-ring (bicyclic) bond motifs is 1. The summed E-state index contributed by atoms with van der Waals surface area (Å²) >= 11 is 0. The number of halogens is 1. The van der Waals surface area contributed by atoms with E-state index in [-0.39, 0.29) is 18.2 Å². The molecule has 0 saturated carbocycles. The number of anilines is 1. The lowest BCUT2D eigenvalue weighted by atomic mass is 10.1. The Bertz CT molecular complexity index is 823. The number of aromatic hydroxyl groups is 1. The molecule has 7 nitrogen and oxygen atoms in total. The molecule has 0 amide bonds. The van der Waals surface area contributed by atoms with Gasteiger partial charge in [0, 0.05) is 20.1 Å². The first-order valence-corrected chi connectivity index (χ1v) is 7.44. The van der Waals surface area contributed by atoms with Crippen LogP contribution in [-0.2, 0) is 7.05 Å². The predicted molar refractivity (Wildman–Crippen MR) is 94.5 cm³/mol. The topological polar surface area (TPSA) is 87.3 Å². The molecule has 0 bridgehead atoms. The lowest BCUT2D eigenvalue weighted by Gasteiger charge is -2.25. The van der Waals surface area contributed by atoms with Crippen molar-refractivity contribution in [2.45, 2.75) is 13.0 Å². The van der Waals surface area contributed by atoms with Gasteiger partial charge in [-0.15, -0.1) is 12.4 Å². The second-order valence-corrected chi connectivity index (χ2v) is 5.35. The average molecular weight is 350 g/mol. The highest BCUT2D eigenvalue weighted by Crippen LogP contribution is 2.25. The summed E-state index contributed by atoms with van der Waals surface area (Å²) in [5.41, 5.74) is 1.42. The Morgan fingerprint density at radius 2 is 2.08 bits per heavy atom. The Kier molecular flexibility index (Phi) is 5.58. The van der Waals surface area contributed by atoms with Crippen molar-refractivity contribution >= 4 is 29.3 Å². The highest BCUT2D eigenvalue weighted by atomic mass is 35.5. The van der Waals surface area contributed by atoms with E-state index < -0.39 is 6.10 Å². The summed E-state index contributed by atoms with van der Waals surface area (Å²) < 4.78 is 1.69. The first kappa shape index (κ1) is 18.0. The Morgan fingerprint density at radius 1 is 1.29 bits per heavy atom. The molecule has 3 rings (SSSR count). The summed E-state index contributed by atoms with van der Waals surface area (Å²) in [6.45, 7) is 3.04. The summed E-state index contributed by atoms with van der Waals surface area (Å²) in [4.78, 5) is 10.6. The van der Waals surface area contributed by atoms with Gasteiger partial charge in [-0.25, -0.2) is 9.97 Å². The normalized spacial score (nSPS) is 12.0. The lowest BCUT2D eigenvalue weighted by Crippen LogP contribution is -2.29. The van der Waals surface area contributed by atoms with E-state index in [1.54, 1.807) is 35.1 Å². The highest BCUT2D eigenvalue weighted by molar-refractivity contribution is 5.86. The van der Waals surface area contributed by atoms with Crippen LogP contribution in [0.5, 0.6) is 5.75 Å². The number of nitrogens with zero attached hydrogens (tertiary/aromatic N) is 5. The molecular formula is C16H20ClN5O2. The van der Waals surface area contributed by atoms with Gasteiger partial charge in [-0.2, -0.15) is 5.10 Å². The standard InChI is InChI=1S/C16H19N5O2.ClH/c1-3-21(9-14(23)11-5-4-6-12(22)7-11)16-13-8-19-20(2)15(13)17-10-18-16;/h4-8,10,14,22-23H,3,9H2,1-2H3;1H. The van der Waals surface area contributed by atoms with E-state index >= 15 is 0 Å². The van der Waals surface area contributed by atoms with Gasteiger partial charge in [0.1, 0.15) is 17.9 Å². The summed E-state index contributed by atoms with van der Waals surface area (Å²) in [6.07, 6.45) is 2.50. The third kappa shape index (κ3) is 3.42. The fourth-order valence-electron chi connectivity index (χ4n) is 2.61. The van der Waals surface area contributed by atoms with E-state index in [2.05, 4.69) is 15.1 Å². The number of aromatic nitrogens is 4. The quantitative estimate of drug-likeness (QED) is 0.733. The number of phenols is 1. The molecule has 0 spiro atoms. The predicted octanol–water partition coefficient (Wildman–Crippen LogP) is 2.05. The van der Waals surface area contributed by atoms with E-state index in [0.717, 1.165) is 16.9 Å². The van der Waals surface area contributed by atoms with Gasteiger partial charge < -0.3 is 15.1 Å². The third-order valence-corrected chi connectivity index (χ3v) is 3.84. The van der Waals surface area contributed by atoms with Crippen LogP contribution in [0, 0.1) is 0 Å². The fourth-order valence-corrected chi connectivity index (χ4v) is 2.61. The van der Waals surface area contributed by atoms with Gasteiger partial charge in [0.05, 0.1) is 17.7 Å². The molecule has 1 aromatic carbocycles. The minimum atomic E-state index is -0.733. The molecule has 2 aromatic heterocycles. The molecule has 0 saturated heterocycles. The van der Waals surface area contributed by atoms with Crippen LogP contribution < -0.4 is 4.90 Å². The largest absolute Gasteiger partial charge is 0.508 e. The van der Waals surface area contributed by atoms with Crippen LogP contribution >= 0.6 is 12.4 Å². The number of hydrogen-bond acceptors (Lipinski definition) is 6. The van der Waals surface area contributed by atoms with E-state index in [1.807, 2.05) is 18.9 Å². The second kappa shape index (κ2) is 7.46. The van der Waals surface area contributed by atoms with Gasteiger partial charge in [-0.3, -0.25) is 4.68 Å². The average Bonchev–Trinajstić information content (AvgIpc) is 2.94. The van der Waals surface area contributed by atoms with Crippen molar-refractivity contribution in [3.8, 4) is 5.75 Å². The summed E-state index contributed by atoms with van der Waals surface area (Å²) in [5, 5.41) is 25.1. The van der Waals surface area contributed by atoms with E-state index in [9.17, 15) is 10.2 Å². The Labute approximate surface area is 146 Å². The number of aliphatic hydroxyl groups is 1. The van der Waals surface area contributed by atoms with E-state index in [1.165, 1.54) is 6.33 Å². The molecule has 1 unspecified atom stereocenters. The molecule has 3 aromatic rings. The van der Waals surface area contributed by atoms with Crippen LogP contribution in [0.4, 0.5) is 5.82 Å². The minimum absolute atomic E-state index is 0. The number of hydrogen-bond donors (Lipinski definition) is 2. The van der Waals surface area contributed by atoms with Gasteiger partial charge in [0.2, 0.25) is 0 Å². The first-order chi connectivity index (χ1) is 11.1. The maximum atomic E-state index is 10.5. The van der Waals surface area contributed by atoms with Crippen LogP contribution in [0.25, 0.3) is 11.0 Å². The van der Waals surface area contributed by atoms with Crippen molar-refractivity contribution in [3.63, 3.8) is 0 Å². The smallest absolute Gasteiger partial charge is 0.163 e. The zero-order valence-electron chi connectivity index (χ0n) is 13.5. The first-order valence-electron chi connectivity index (χ1n) is 7.44. The maximum Gasteiger partial charge on any atom is 0.163 e. The zero-order chi connectivity index (χ0) is 16.4. The molecule has 1 atom stereocenters. The van der Waals surface area contributed by atoms with Crippen LogP contribution in [-0.4, -0.2) is 43.1 Å². The second-order valence-electron chi connectivity index (χ2n) is 5.35. The van der Waals surface area contributed by atoms with Crippen molar-refractivity contribution in [2.24, 2.45) is 7.05 Å². The van der Waals surface area contributed by atoms with Crippen LogP contribution in [0.2, 0.25) is 0 Å². The number of rotatable bonds is 5. The Hall–Kier alpha value is -2.38. The van der Waals surface area contributed by atoms with Crippen molar-refractivity contribution in [1.82, 2.24) is 19.7 Å². The number of aryl methyl sites for hydroxylation is 1. The Balaban J connectivity index is 0.00000208. The minimum Gasteiger partial charge on any atom is -0.508 e. The molecule has 0 fully saturated rings. The third-order valence-electron chi connectivity index (χ3n) is 3.84. The SMILES string of the molecule is CCN(CC(O)c1cccc(O)c1)c1ncnc2c1cnn2C.Cl. The molecule has 2 heterocycles. The monoisotopic (exact) mass is 349 g/mol. The molecule has 0 radical (unpaired) electrons. The molecule has 2 N–H and O–H groups in total. The highest BCUT2D eigenvalue weighted by Gasteiger charge is 2.18. The molecule has 128 valence electrons. The maximum absolute atomic E-state index is 10.5. The summed E-state index contributed by atoms with van der Waals surface area (Å²) in [5.74, 6) is 0.881. The van der Waals surface area contributed by atoms with E-state index in [0.29, 0.717) is 18.7 Å². The number of benzene rings is 1. The Morgan fingerprint density at radius 3 is 2.79 bits per heavy atom. The van der Waals surface area contributed by atoms with Crippen molar-refractivity contribution in [2.75, 3.05) is 18.0 Å². The van der Waals surface area contributed by atoms with Gasteiger partial charge in [-0.1, -0.05) is 12.1 Å². The molecule has 0 aliphatic heterocycles. The molecular weight excluding hydrogens is 330 g/mol. The lowest BCUT2D eigenvalue weighted by molar-refractivity contribution is 0.183. The summed E-state index contributed by atoms with van der Waals surface area (Å²) in [7, 11) is 1.83. The van der Waals surface area contributed by atoms with Gasteiger partial charge >= 0.3 is 0 Å². The van der Waals surface area contributed by atoms with Crippen molar-refractivity contribution < 1.29 is 10.2 Å². The number of aliphatic hydroxyl groups excluding tert-OH is 1. The fraction of sp³-hybridized carbons (Fsp3) is 0.312. The molecule has 8 heteroatoms. The van der Waals surface area contributed by atoms with E-state index in [4.69, 9.17) is 0 Å². The molecule has 24 heavy (non-hydrogen) atoms. The van der Waals surface area contributed by atoms with Gasteiger partial charge in [0.15, 0.2) is 5.65 Å². The van der Waals surface area contributed by atoms with Crippen LogP contribution in [0.1, 0.15) is 18.6 Å². The molecule has 0 aliphatic rings. The summed E-state index contributed by atoms with van der Waals surface area (Å²) in [6, 6.07) is 6.65. The van der Waals surface area contributed by atoms with Crippen molar-refractivity contribution in [1.29, 1.82) is 0 Å². The van der Waals surface area contributed by atoms with Crippen molar-refractivity contribution in [3.05, 3.63) is 42.4 Å². The zero-order valence-corrected chi connectivity index (χ0v) is 14.3. The van der Waals surface area contributed by atoms with Crippen LogP contribution in [0.3, 0.4) is 0 Å². The number of phenolic OH excluding ortho intramolecular Hbond substituents is 1. The number of likely N-dealkylation sites (N-methyl/N-ethyl adjacent to an activating group) is 1. The molecule has 0 aliphatic carbocycles. The van der Waals surface area contributed by atoms with Crippen LogP contribution in [0.15, 0.2) is 36.8 Å².